The summed E-state index contributed by atoms with van der Waals surface area (Å²) in [6, 6.07) is 57.8. The lowest BCUT2D eigenvalue weighted by atomic mass is 9.29. The molecule has 6 aliphatic heterocycles. The quantitative estimate of drug-likeness (QED) is 0.140. The monoisotopic (exact) mass is 1120 g/mol. The van der Waals surface area contributed by atoms with Crippen LogP contribution >= 0.6 is 0 Å². The lowest BCUT2D eigenvalue weighted by Gasteiger charge is -2.45. The Morgan fingerprint density at radius 2 is 0.733 bits per heavy atom. The Kier molecular flexibility index (Phi) is 11.0. The Morgan fingerprint density at radius 3 is 1.24 bits per heavy atom. The van der Waals surface area contributed by atoms with E-state index in [2.05, 4.69) is 263 Å². The number of aryl methyl sites for hydroxylation is 8. The lowest BCUT2D eigenvalue weighted by Crippen LogP contribution is -2.65. The molecule has 420 valence electrons. The van der Waals surface area contributed by atoms with E-state index in [-0.39, 0.29) is 31.0 Å². The van der Waals surface area contributed by atoms with Gasteiger partial charge >= 0.3 is 0 Å². The van der Waals surface area contributed by atoms with Gasteiger partial charge in [0.15, 0.2) is 0 Å². The fourth-order valence-electron chi connectivity index (χ4n) is 15.8. The van der Waals surface area contributed by atoms with Gasteiger partial charge in [-0.05, 0) is 256 Å². The Morgan fingerprint density at radius 1 is 0.314 bits per heavy atom. The number of benzene rings is 10. The van der Waals surface area contributed by atoms with Gasteiger partial charge < -0.3 is 34.6 Å². The van der Waals surface area contributed by atoms with Gasteiger partial charge in [-0.2, -0.15) is 0 Å². The second kappa shape index (κ2) is 18.0. The average molecular weight is 1120 g/mol. The van der Waals surface area contributed by atoms with Gasteiger partial charge in [-0.1, -0.05) is 96.1 Å². The number of nitrogens with zero attached hydrogens (tertiary/aromatic N) is 3. The molecule has 0 aliphatic carbocycles. The second-order valence-corrected chi connectivity index (χ2v) is 27.9. The molecule has 10 aromatic carbocycles. The minimum atomic E-state index is -0.281. The largest absolute Gasteiger partial charge is 0.458 e. The molecule has 0 bridgehead atoms. The Balaban J connectivity index is 1.04. The number of ether oxygens (including phenoxy) is 3. The maximum Gasteiger partial charge on any atom is 0.256 e. The number of nitrogens with two attached hydrogens (primary N) is 1. The third kappa shape index (κ3) is 7.76. The first kappa shape index (κ1) is 52.5. The topological polar surface area (TPSA) is 63.4 Å². The van der Waals surface area contributed by atoms with Crippen LogP contribution < -0.4 is 83.8 Å². The SMILES string of the molecule is Cc1cc(C)cc(N2c3cc4c(cc3B3c5cc(C(C)(C)C)ccc5Oc5cc(C)cc2c53)B2c3cc5c(cc3Oc3cc(N)cc(c32)N4c2cc(C)cc(C)c2)N(c2cc(C)cc(C)c2)c2cc(C)cc3c2B5c2c(cccc2C(C)(C)C)O3)c1. The average Bonchev–Trinajstić information content (AvgIpc) is 0.698. The molecule has 0 fully saturated rings. The summed E-state index contributed by atoms with van der Waals surface area (Å²) < 4.78 is 21.9. The molecule has 10 heteroatoms. The summed E-state index contributed by atoms with van der Waals surface area (Å²) in [4.78, 5) is 7.49. The second-order valence-electron chi connectivity index (χ2n) is 27.9. The molecule has 0 unspecified atom stereocenters. The number of hydrogen-bond acceptors (Lipinski definition) is 7. The van der Waals surface area contributed by atoms with E-state index in [1.54, 1.807) is 0 Å². The Labute approximate surface area is 507 Å². The number of rotatable bonds is 3. The summed E-state index contributed by atoms with van der Waals surface area (Å²) in [7, 11) is 0. The molecule has 7 nitrogen and oxygen atoms in total. The van der Waals surface area contributed by atoms with Crippen LogP contribution in [0.1, 0.15) is 97.2 Å². The van der Waals surface area contributed by atoms with Crippen molar-refractivity contribution in [3.05, 3.63) is 207 Å². The molecule has 0 aromatic heterocycles. The van der Waals surface area contributed by atoms with Gasteiger partial charge in [0.05, 0.1) is 0 Å². The zero-order valence-electron chi connectivity index (χ0n) is 51.8. The highest BCUT2D eigenvalue weighted by molar-refractivity contribution is 7.03. The van der Waals surface area contributed by atoms with E-state index in [4.69, 9.17) is 19.9 Å². The molecule has 0 saturated heterocycles. The van der Waals surface area contributed by atoms with E-state index in [9.17, 15) is 0 Å². The van der Waals surface area contributed by atoms with Gasteiger partial charge in [0.25, 0.3) is 20.1 Å². The van der Waals surface area contributed by atoms with Crippen LogP contribution in [-0.4, -0.2) is 20.1 Å². The highest BCUT2D eigenvalue weighted by Gasteiger charge is 2.50. The summed E-state index contributed by atoms with van der Waals surface area (Å²) in [6.07, 6.45) is 0. The summed E-state index contributed by atoms with van der Waals surface area (Å²) >= 11 is 0. The Hall–Kier alpha value is -9.01. The standard InChI is InChI=1S/C76H69B3N4O3/c1-40-20-41(2)24-50(23-40)81-59-38-60-55(36-54(59)77-57-33-48(75(9,10)11)18-19-65(57)84-68-31-46(7)29-62(81)72(68)77)78-58-37-56-61(39-67(58)86-70-35-49(80)34-64(73(70)78)82(60)51-25-42(3)21-43(4)26-51)83(52-27-44(5)22-45(6)28-52)63-30-47(8)32-69-74(63)79(56)71-53(76(12,13)14)16-15-17-66(71)85-69/h15-39H,80H2,1-14H3. The first-order chi connectivity index (χ1) is 41.0. The Bertz CT molecular complexity index is 4640. The molecule has 86 heavy (non-hydrogen) atoms. The van der Waals surface area contributed by atoms with Gasteiger partial charge in [0, 0.05) is 69.0 Å². The van der Waals surface area contributed by atoms with Crippen LogP contribution in [0, 0.1) is 55.4 Å². The molecule has 0 spiro atoms. The van der Waals surface area contributed by atoms with E-state index >= 15 is 0 Å². The minimum absolute atomic E-state index is 0.101. The number of hydrogen-bond donors (Lipinski definition) is 1. The summed E-state index contributed by atoms with van der Waals surface area (Å²) in [6.45, 7) is 30.9. The van der Waals surface area contributed by atoms with Crippen molar-refractivity contribution in [1.29, 1.82) is 0 Å². The van der Waals surface area contributed by atoms with E-state index < -0.39 is 0 Å². The fourth-order valence-corrected chi connectivity index (χ4v) is 15.8. The molecule has 10 aromatic rings. The number of nitrogen functional groups attached to an aromatic ring is 1. The summed E-state index contributed by atoms with van der Waals surface area (Å²) in [5.41, 5.74) is 40.0. The van der Waals surface area contributed by atoms with Crippen molar-refractivity contribution in [2.75, 3.05) is 20.4 Å². The van der Waals surface area contributed by atoms with Crippen LogP contribution in [0.15, 0.2) is 152 Å². The molecule has 6 heterocycles. The molecule has 16 rings (SSSR count). The van der Waals surface area contributed by atoms with Crippen LogP contribution in [-0.2, 0) is 10.8 Å². The minimum Gasteiger partial charge on any atom is -0.458 e. The molecule has 6 aliphatic rings. The van der Waals surface area contributed by atoms with Crippen LogP contribution in [0.3, 0.4) is 0 Å². The maximum atomic E-state index is 7.56. The highest BCUT2D eigenvalue weighted by atomic mass is 16.5. The number of anilines is 10. The van der Waals surface area contributed by atoms with Crippen molar-refractivity contribution < 1.29 is 14.2 Å². The van der Waals surface area contributed by atoms with E-state index in [0.29, 0.717) is 5.69 Å². The summed E-state index contributed by atoms with van der Waals surface area (Å²) in [5.74, 6) is 5.18. The van der Waals surface area contributed by atoms with Gasteiger partial charge in [-0.3, -0.25) is 0 Å². The van der Waals surface area contributed by atoms with Crippen LogP contribution in [0.5, 0.6) is 34.5 Å². The van der Waals surface area contributed by atoms with E-state index in [1.165, 1.54) is 82.7 Å². The van der Waals surface area contributed by atoms with Crippen LogP contribution in [0.25, 0.3) is 0 Å². The first-order valence-electron chi connectivity index (χ1n) is 30.6. The normalized spacial score (nSPS) is 14.3. The van der Waals surface area contributed by atoms with Crippen LogP contribution in [0.2, 0.25) is 0 Å². The van der Waals surface area contributed by atoms with Crippen molar-refractivity contribution in [2.45, 2.75) is 108 Å². The molecule has 0 radical (unpaired) electrons. The van der Waals surface area contributed by atoms with Crippen molar-refractivity contribution in [1.82, 2.24) is 0 Å². The third-order valence-corrected chi connectivity index (χ3v) is 19.0. The molecule has 0 amide bonds. The highest BCUT2D eigenvalue weighted by Crippen LogP contribution is 2.50. The van der Waals surface area contributed by atoms with Gasteiger partial charge in [-0.15, -0.1) is 0 Å². The molecule has 0 atom stereocenters. The van der Waals surface area contributed by atoms with Gasteiger partial charge in [0.1, 0.15) is 34.5 Å². The fraction of sp³-hybridized carbons (Fsp3) is 0.211. The number of fused-ring (bicyclic) bond motifs is 12. The molecule has 2 N–H and O–H groups in total. The smallest absolute Gasteiger partial charge is 0.256 e. The lowest BCUT2D eigenvalue weighted by molar-refractivity contribution is 0.483. The van der Waals surface area contributed by atoms with E-state index in [1.807, 2.05) is 0 Å². The predicted molar refractivity (Wildman–Crippen MR) is 364 cm³/mol. The predicted octanol–water partition coefficient (Wildman–Crippen LogP) is 13.5. The first-order valence-corrected chi connectivity index (χ1v) is 30.6. The van der Waals surface area contributed by atoms with Gasteiger partial charge in [-0.25, -0.2) is 0 Å². The van der Waals surface area contributed by atoms with Crippen molar-refractivity contribution >= 4 is 126 Å². The van der Waals surface area contributed by atoms with Crippen molar-refractivity contribution in [2.24, 2.45) is 0 Å². The molecule has 0 saturated carbocycles. The van der Waals surface area contributed by atoms with Gasteiger partial charge in [0.2, 0.25) is 0 Å². The zero-order valence-corrected chi connectivity index (χ0v) is 51.8. The molecular formula is C76H69B3N4O3. The molecular weight excluding hydrogens is 1050 g/mol. The van der Waals surface area contributed by atoms with E-state index in [0.717, 1.165) is 108 Å². The summed E-state index contributed by atoms with van der Waals surface area (Å²) in [5, 5.41) is 0. The van der Waals surface area contributed by atoms with Crippen molar-refractivity contribution in [3.63, 3.8) is 0 Å². The zero-order chi connectivity index (χ0) is 59.5. The van der Waals surface area contributed by atoms with Crippen LogP contribution in [0.4, 0.5) is 56.9 Å². The third-order valence-electron chi connectivity index (χ3n) is 19.0. The van der Waals surface area contributed by atoms with Crippen molar-refractivity contribution in [3.8, 4) is 34.5 Å². The maximum absolute atomic E-state index is 7.56.